The summed E-state index contributed by atoms with van der Waals surface area (Å²) >= 11 is 0. The third-order valence-electron chi connectivity index (χ3n) is 3.44. The van der Waals surface area contributed by atoms with Crippen LogP contribution in [0.3, 0.4) is 0 Å². The van der Waals surface area contributed by atoms with Gasteiger partial charge in [-0.3, -0.25) is 15.4 Å². The van der Waals surface area contributed by atoms with E-state index >= 15 is 0 Å². The summed E-state index contributed by atoms with van der Waals surface area (Å²) in [6.45, 7) is 1.77. The van der Waals surface area contributed by atoms with Gasteiger partial charge in [0, 0.05) is 29.7 Å². The first kappa shape index (κ1) is 16.2. The smallest absolute Gasteiger partial charge is 0.417 e. The molecule has 0 saturated carbocycles. The summed E-state index contributed by atoms with van der Waals surface area (Å²) in [7, 11) is 0. The standard InChI is InChI=1S/C17H12N2O6/c1-10-7-16(20)25-15-9-13(5-6-14(10)15)24-17(21)18-11-3-2-4-12(8-11)19(22)23/h2-9H,1H3,(H,18,21). The van der Waals surface area contributed by atoms with Crippen molar-refractivity contribution in [1.29, 1.82) is 0 Å². The van der Waals surface area contributed by atoms with Crippen LogP contribution in [-0.4, -0.2) is 11.0 Å². The van der Waals surface area contributed by atoms with Gasteiger partial charge in [-0.25, -0.2) is 9.59 Å². The number of ether oxygens (including phenoxy) is 1. The molecule has 0 aliphatic heterocycles. The van der Waals surface area contributed by atoms with Gasteiger partial charge in [-0.2, -0.15) is 0 Å². The Morgan fingerprint density at radius 3 is 2.76 bits per heavy atom. The quantitative estimate of drug-likeness (QED) is 0.443. The number of nitrogens with zero attached hydrogens (tertiary/aromatic N) is 1. The molecule has 8 nitrogen and oxygen atoms in total. The first-order valence-corrected chi connectivity index (χ1v) is 7.20. The number of nitrogens with one attached hydrogen (secondary N) is 1. The molecular weight excluding hydrogens is 328 g/mol. The number of anilines is 1. The van der Waals surface area contributed by atoms with Gasteiger partial charge in [0.1, 0.15) is 11.3 Å². The molecule has 3 aromatic rings. The topological polar surface area (TPSA) is 112 Å². The largest absolute Gasteiger partial charge is 0.423 e. The molecule has 1 aromatic heterocycles. The van der Waals surface area contributed by atoms with Crippen LogP contribution >= 0.6 is 0 Å². The van der Waals surface area contributed by atoms with Crippen LogP contribution in [0, 0.1) is 17.0 Å². The summed E-state index contributed by atoms with van der Waals surface area (Å²) in [5, 5.41) is 13.9. The zero-order valence-electron chi connectivity index (χ0n) is 13.0. The van der Waals surface area contributed by atoms with Crippen LogP contribution in [0.2, 0.25) is 0 Å². The van der Waals surface area contributed by atoms with E-state index in [-0.39, 0.29) is 17.1 Å². The number of carbonyl (C=O) groups is 1. The number of non-ortho nitro benzene ring substituents is 1. The molecule has 3 rings (SSSR count). The van der Waals surface area contributed by atoms with Crippen LogP contribution in [-0.2, 0) is 0 Å². The lowest BCUT2D eigenvalue weighted by atomic mass is 10.1. The van der Waals surface area contributed by atoms with Crippen molar-refractivity contribution < 1.29 is 18.9 Å². The molecule has 0 aliphatic carbocycles. The number of fused-ring (bicyclic) bond motifs is 1. The molecule has 0 aliphatic rings. The minimum atomic E-state index is -0.824. The Kier molecular flexibility index (Phi) is 4.17. The fourth-order valence-electron chi connectivity index (χ4n) is 2.32. The maximum Gasteiger partial charge on any atom is 0.417 e. The molecule has 25 heavy (non-hydrogen) atoms. The molecule has 1 amide bonds. The highest BCUT2D eigenvalue weighted by Crippen LogP contribution is 2.23. The summed E-state index contributed by atoms with van der Waals surface area (Å²) in [6, 6.07) is 11.5. The van der Waals surface area contributed by atoms with Gasteiger partial charge in [-0.05, 0) is 30.7 Å². The van der Waals surface area contributed by atoms with Gasteiger partial charge in [-0.15, -0.1) is 0 Å². The Hall–Kier alpha value is -3.68. The lowest BCUT2D eigenvalue weighted by molar-refractivity contribution is -0.384. The Bertz CT molecular complexity index is 1040. The maximum absolute atomic E-state index is 11.9. The molecule has 0 bridgehead atoms. The van der Waals surface area contributed by atoms with Crippen LogP contribution in [0.1, 0.15) is 5.56 Å². The zero-order valence-corrected chi connectivity index (χ0v) is 13.0. The van der Waals surface area contributed by atoms with E-state index in [0.29, 0.717) is 5.58 Å². The van der Waals surface area contributed by atoms with E-state index in [0.717, 1.165) is 10.9 Å². The zero-order chi connectivity index (χ0) is 18.0. The number of benzene rings is 2. The van der Waals surface area contributed by atoms with Crippen molar-refractivity contribution in [1.82, 2.24) is 0 Å². The van der Waals surface area contributed by atoms with Crippen molar-refractivity contribution >= 4 is 28.4 Å². The fraction of sp³-hybridized carbons (Fsp3) is 0.0588. The molecule has 0 atom stereocenters. The summed E-state index contributed by atoms with van der Waals surface area (Å²) in [6.07, 6.45) is -0.824. The van der Waals surface area contributed by atoms with Crippen molar-refractivity contribution in [2.45, 2.75) is 6.92 Å². The Morgan fingerprint density at radius 1 is 1.20 bits per heavy atom. The number of nitro groups is 1. The van der Waals surface area contributed by atoms with Crippen molar-refractivity contribution in [2.24, 2.45) is 0 Å². The minimum Gasteiger partial charge on any atom is -0.423 e. The second-order valence-electron chi connectivity index (χ2n) is 5.23. The van der Waals surface area contributed by atoms with E-state index in [1.54, 1.807) is 19.1 Å². The Morgan fingerprint density at radius 2 is 2.00 bits per heavy atom. The van der Waals surface area contributed by atoms with Crippen LogP contribution in [0.15, 0.2) is 57.7 Å². The summed E-state index contributed by atoms with van der Waals surface area (Å²) in [5.41, 5.74) is 0.621. The number of nitro benzene ring substituents is 1. The molecule has 2 aromatic carbocycles. The Balaban J connectivity index is 1.79. The number of hydrogen-bond acceptors (Lipinski definition) is 6. The third kappa shape index (κ3) is 3.63. The van der Waals surface area contributed by atoms with Crippen molar-refractivity contribution in [3.63, 3.8) is 0 Å². The molecule has 1 N–H and O–H groups in total. The van der Waals surface area contributed by atoms with Crippen molar-refractivity contribution in [3.8, 4) is 5.75 Å². The minimum absolute atomic E-state index is 0.152. The number of rotatable bonds is 3. The van der Waals surface area contributed by atoms with Gasteiger partial charge < -0.3 is 9.15 Å². The predicted octanol–water partition coefficient (Wildman–Crippen LogP) is 3.62. The van der Waals surface area contributed by atoms with Crippen LogP contribution in [0.25, 0.3) is 11.0 Å². The van der Waals surface area contributed by atoms with Gasteiger partial charge in [0.25, 0.3) is 5.69 Å². The highest BCUT2D eigenvalue weighted by atomic mass is 16.6. The van der Waals surface area contributed by atoms with E-state index in [1.165, 1.54) is 36.4 Å². The molecule has 126 valence electrons. The lowest BCUT2D eigenvalue weighted by Gasteiger charge is -2.07. The van der Waals surface area contributed by atoms with E-state index in [9.17, 15) is 19.7 Å². The highest BCUT2D eigenvalue weighted by molar-refractivity contribution is 5.88. The molecule has 8 heteroatoms. The SMILES string of the molecule is Cc1cc(=O)oc2cc(OC(=O)Nc3cccc([N+](=O)[O-])c3)ccc12. The molecular formula is C17H12N2O6. The average molecular weight is 340 g/mol. The van der Waals surface area contributed by atoms with E-state index in [4.69, 9.17) is 9.15 Å². The molecule has 0 spiro atoms. The van der Waals surface area contributed by atoms with Gasteiger partial charge in [0.05, 0.1) is 10.6 Å². The average Bonchev–Trinajstić information content (AvgIpc) is 2.54. The maximum atomic E-state index is 11.9. The van der Waals surface area contributed by atoms with Gasteiger partial charge in [-0.1, -0.05) is 6.07 Å². The fourth-order valence-corrected chi connectivity index (χ4v) is 2.32. The highest BCUT2D eigenvalue weighted by Gasteiger charge is 2.11. The van der Waals surface area contributed by atoms with Crippen LogP contribution < -0.4 is 15.7 Å². The summed E-state index contributed by atoms with van der Waals surface area (Å²) in [4.78, 5) is 33.5. The lowest BCUT2D eigenvalue weighted by Crippen LogP contribution is -2.16. The molecule has 0 unspecified atom stereocenters. The second kappa shape index (κ2) is 6.44. The Labute approximate surface area is 140 Å². The molecule has 0 saturated heterocycles. The van der Waals surface area contributed by atoms with Gasteiger partial charge >= 0.3 is 11.7 Å². The third-order valence-corrected chi connectivity index (χ3v) is 3.44. The van der Waals surface area contributed by atoms with E-state index in [1.807, 2.05) is 0 Å². The van der Waals surface area contributed by atoms with Gasteiger partial charge in [0.15, 0.2) is 0 Å². The molecule has 1 heterocycles. The van der Waals surface area contributed by atoms with Crippen LogP contribution in [0.4, 0.5) is 16.2 Å². The first-order valence-electron chi connectivity index (χ1n) is 7.20. The second-order valence-corrected chi connectivity index (χ2v) is 5.23. The molecule has 0 radical (unpaired) electrons. The molecule has 0 fully saturated rings. The van der Waals surface area contributed by atoms with Gasteiger partial charge in [0.2, 0.25) is 0 Å². The van der Waals surface area contributed by atoms with Crippen LogP contribution in [0.5, 0.6) is 5.75 Å². The normalized spacial score (nSPS) is 10.4. The summed E-state index contributed by atoms with van der Waals surface area (Å²) in [5.74, 6) is 0.171. The van der Waals surface area contributed by atoms with Crippen molar-refractivity contribution in [3.05, 3.63) is 74.6 Å². The van der Waals surface area contributed by atoms with E-state index < -0.39 is 16.6 Å². The number of hydrogen-bond donors (Lipinski definition) is 1. The summed E-state index contributed by atoms with van der Waals surface area (Å²) < 4.78 is 10.2. The van der Waals surface area contributed by atoms with E-state index in [2.05, 4.69) is 5.32 Å². The number of amides is 1. The monoisotopic (exact) mass is 340 g/mol. The number of carbonyl (C=O) groups excluding carboxylic acids is 1. The number of aryl methyl sites for hydroxylation is 1. The van der Waals surface area contributed by atoms with Crippen molar-refractivity contribution in [2.75, 3.05) is 5.32 Å². The predicted molar refractivity (Wildman–Crippen MR) is 90.0 cm³/mol. The first-order chi connectivity index (χ1) is 11.9.